The first-order valence-corrected chi connectivity index (χ1v) is 10.7. The van der Waals surface area contributed by atoms with E-state index in [0.29, 0.717) is 23.9 Å². The molecule has 0 atom stereocenters. The van der Waals surface area contributed by atoms with Gasteiger partial charge < -0.3 is 4.42 Å². The largest absolute Gasteiger partial charge is 0.469 e. The highest BCUT2D eigenvalue weighted by Gasteiger charge is 2.31. The van der Waals surface area contributed by atoms with Gasteiger partial charge in [-0.3, -0.25) is 0 Å². The normalized spacial score (nSPS) is 12.7. The Morgan fingerprint density at radius 2 is 1.45 bits per heavy atom. The van der Waals surface area contributed by atoms with Crippen LogP contribution in [0.25, 0.3) is 0 Å². The van der Waals surface area contributed by atoms with E-state index in [2.05, 4.69) is 111 Å². The van der Waals surface area contributed by atoms with Crippen LogP contribution in [0, 0.1) is 6.92 Å². The van der Waals surface area contributed by atoms with Crippen molar-refractivity contribution in [2.75, 3.05) is 0 Å². The Morgan fingerprint density at radius 1 is 0.909 bits per heavy atom. The van der Waals surface area contributed by atoms with Gasteiger partial charge in [-0.25, -0.2) is 15.0 Å². The minimum Gasteiger partial charge on any atom is -0.469 e. The van der Waals surface area contributed by atoms with Gasteiger partial charge in [0, 0.05) is 12.8 Å². The van der Waals surface area contributed by atoms with E-state index >= 15 is 0 Å². The molecule has 0 N–H and O–H groups in total. The number of hydrogen-bond acceptors (Lipinski definition) is 4. The van der Waals surface area contributed by atoms with Crippen LogP contribution in [-0.4, -0.2) is 15.0 Å². The van der Waals surface area contributed by atoms with Gasteiger partial charge in [-0.05, 0) is 18.6 Å². The summed E-state index contributed by atoms with van der Waals surface area (Å²) in [6, 6.07) is 2.01. The molecular formula is C12H9Br6N3O. The molecule has 0 saturated heterocycles. The van der Waals surface area contributed by atoms with Gasteiger partial charge in [0.05, 0.1) is 6.26 Å². The molecule has 0 bridgehead atoms. The number of nitrogens with zero attached hydrogens (tertiary/aromatic N) is 3. The van der Waals surface area contributed by atoms with Gasteiger partial charge in [0.1, 0.15) is 11.6 Å². The SMILES string of the molecule is Cc1coc(CCc2nc(C(Br)(Br)Br)nc(C(Br)(Br)Br)n2)c1. The monoisotopic (exact) mass is 685 g/mol. The number of halogens is 6. The zero-order chi connectivity index (χ0) is 16.5. The Bertz CT molecular complexity index is 629. The molecule has 0 spiro atoms. The highest BCUT2D eigenvalue weighted by atomic mass is 80.0. The highest BCUT2D eigenvalue weighted by molar-refractivity contribution is 9.39. The standard InChI is InChI=1S/C12H9Br6N3O/c1-6-4-7(22-5-6)2-3-8-19-9(11(13,14)15)21-10(20-8)12(16,17)18/h4-5H,2-3H2,1H3. The van der Waals surface area contributed by atoms with Crippen molar-refractivity contribution in [3.05, 3.63) is 41.1 Å². The molecule has 0 aliphatic heterocycles. The van der Waals surface area contributed by atoms with Crippen LogP contribution in [0.3, 0.4) is 0 Å². The lowest BCUT2D eigenvalue weighted by atomic mass is 10.2. The highest BCUT2D eigenvalue weighted by Crippen LogP contribution is 2.46. The average molecular weight is 691 g/mol. The summed E-state index contributed by atoms with van der Waals surface area (Å²) in [4.78, 5) is 13.4. The summed E-state index contributed by atoms with van der Waals surface area (Å²) in [6.07, 6.45) is 3.10. The molecule has 22 heavy (non-hydrogen) atoms. The lowest BCUT2D eigenvalue weighted by Crippen LogP contribution is -2.17. The summed E-state index contributed by atoms with van der Waals surface area (Å²) in [5.74, 6) is 2.61. The zero-order valence-corrected chi connectivity index (χ0v) is 20.6. The van der Waals surface area contributed by atoms with Gasteiger partial charge in [-0.15, -0.1) is 0 Å². The smallest absolute Gasteiger partial charge is 0.194 e. The molecule has 2 aromatic heterocycles. The maximum Gasteiger partial charge on any atom is 0.194 e. The van der Waals surface area contributed by atoms with Crippen LogP contribution in [0.2, 0.25) is 0 Å². The van der Waals surface area contributed by atoms with Gasteiger partial charge in [0.2, 0.25) is 0 Å². The maximum atomic E-state index is 5.45. The van der Waals surface area contributed by atoms with Gasteiger partial charge in [0.25, 0.3) is 0 Å². The lowest BCUT2D eigenvalue weighted by Gasteiger charge is -2.16. The van der Waals surface area contributed by atoms with E-state index in [0.717, 1.165) is 17.7 Å². The van der Waals surface area contributed by atoms with Crippen molar-refractivity contribution in [2.45, 2.75) is 24.1 Å². The van der Waals surface area contributed by atoms with Crippen molar-refractivity contribution in [2.24, 2.45) is 0 Å². The third-order valence-corrected chi connectivity index (χ3v) is 4.70. The molecule has 0 aliphatic rings. The predicted octanol–water partition coefficient (Wildman–Crippen LogP) is 6.15. The molecule has 0 fully saturated rings. The van der Waals surface area contributed by atoms with Crippen LogP contribution in [0.15, 0.2) is 16.7 Å². The molecule has 0 unspecified atom stereocenters. The first kappa shape index (κ1) is 19.5. The van der Waals surface area contributed by atoms with Crippen molar-refractivity contribution >= 4 is 95.6 Å². The fraction of sp³-hybridized carbons (Fsp3) is 0.417. The fourth-order valence-corrected chi connectivity index (χ4v) is 2.71. The van der Waals surface area contributed by atoms with Crippen LogP contribution in [-0.2, 0) is 17.1 Å². The first-order valence-electron chi connectivity index (χ1n) is 5.99. The number of aromatic nitrogens is 3. The molecule has 10 heteroatoms. The Kier molecular flexibility index (Phi) is 6.73. The van der Waals surface area contributed by atoms with Gasteiger partial charge in [-0.1, -0.05) is 95.6 Å². The van der Waals surface area contributed by atoms with Gasteiger partial charge in [0.15, 0.2) is 15.9 Å². The second-order valence-corrected chi connectivity index (χ2v) is 18.0. The second kappa shape index (κ2) is 7.59. The van der Waals surface area contributed by atoms with Crippen molar-refractivity contribution in [3.8, 4) is 0 Å². The predicted molar refractivity (Wildman–Crippen MR) is 108 cm³/mol. The number of hydrogen-bond donors (Lipinski definition) is 0. The zero-order valence-electron chi connectivity index (χ0n) is 11.1. The average Bonchev–Trinajstić information content (AvgIpc) is 2.80. The minimum absolute atomic E-state index is 0.519. The van der Waals surface area contributed by atoms with E-state index in [1.807, 2.05) is 13.0 Å². The molecule has 0 amide bonds. The molecule has 0 saturated carbocycles. The quantitative estimate of drug-likeness (QED) is 0.363. The molecule has 2 heterocycles. The lowest BCUT2D eigenvalue weighted by molar-refractivity contribution is 0.504. The first-order chi connectivity index (χ1) is 10.1. The second-order valence-electron chi connectivity index (χ2n) is 4.48. The molecular weight excluding hydrogens is 682 g/mol. The van der Waals surface area contributed by atoms with E-state index in [4.69, 9.17) is 4.42 Å². The molecule has 2 aromatic rings. The van der Waals surface area contributed by atoms with E-state index < -0.39 is 4.29 Å². The molecule has 2 rings (SSSR count). The summed E-state index contributed by atoms with van der Waals surface area (Å²) >= 11 is 20.6. The third kappa shape index (κ3) is 5.61. The van der Waals surface area contributed by atoms with E-state index in [-0.39, 0.29) is 0 Å². The van der Waals surface area contributed by atoms with Crippen molar-refractivity contribution < 1.29 is 4.42 Å². The Labute approximate surface area is 178 Å². The van der Waals surface area contributed by atoms with Crippen LogP contribution >= 0.6 is 95.6 Å². The fourth-order valence-electron chi connectivity index (χ4n) is 1.64. The van der Waals surface area contributed by atoms with Gasteiger partial charge in [-0.2, -0.15) is 0 Å². The van der Waals surface area contributed by atoms with Crippen LogP contribution in [0.5, 0.6) is 0 Å². The molecule has 120 valence electrons. The molecule has 4 nitrogen and oxygen atoms in total. The van der Waals surface area contributed by atoms with Crippen LogP contribution < -0.4 is 0 Å². The maximum absolute atomic E-state index is 5.45. The number of alkyl halides is 6. The number of rotatable bonds is 3. The number of furan rings is 1. The number of aryl methyl sites for hydroxylation is 3. The van der Waals surface area contributed by atoms with E-state index in [1.165, 1.54) is 0 Å². The van der Waals surface area contributed by atoms with Crippen molar-refractivity contribution in [1.29, 1.82) is 0 Å². The topological polar surface area (TPSA) is 51.8 Å². The summed E-state index contributed by atoms with van der Waals surface area (Å²) in [6.45, 7) is 2.00. The summed E-state index contributed by atoms with van der Waals surface area (Å²) in [5, 5.41) is 0. The summed E-state index contributed by atoms with van der Waals surface area (Å²) < 4.78 is 4.04. The summed E-state index contributed by atoms with van der Waals surface area (Å²) in [7, 11) is 0. The van der Waals surface area contributed by atoms with Crippen LogP contribution in [0.4, 0.5) is 0 Å². The Hall–Kier alpha value is 1.17. The Morgan fingerprint density at radius 3 is 1.86 bits per heavy atom. The van der Waals surface area contributed by atoms with E-state index in [9.17, 15) is 0 Å². The molecule has 0 aliphatic carbocycles. The van der Waals surface area contributed by atoms with Crippen LogP contribution in [0.1, 0.15) is 28.8 Å². The van der Waals surface area contributed by atoms with E-state index in [1.54, 1.807) is 6.26 Å². The summed E-state index contributed by atoms with van der Waals surface area (Å²) in [5.41, 5.74) is 1.10. The molecule has 0 radical (unpaired) electrons. The Balaban J connectivity index is 2.29. The molecule has 0 aromatic carbocycles. The van der Waals surface area contributed by atoms with Crippen molar-refractivity contribution in [1.82, 2.24) is 15.0 Å². The third-order valence-electron chi connectivity index (χ3n) is 2.57. The van der Waals surface area contributed by atoms with Crippen molar-refractivity contribution in [3.63, 3.8) is 0 Å². The minimum atomic E-state index is -0.709. The van der Waals surface area contributed by atoms with Gasteiger partial charge >= 0.3 is 0 Å².